The van der Waals surface area contributed by atoms with Crippen molar-refractivity contribution in [3.8, 4) is 6.07 Å². The van der Waals surface area contributed by atoms with Crippen molar-refractivity contribution >= 4 is 5.91 Å². The van der Waals surface area contributed by atoms with E-state index in [0.29, 0.717) is 50.5 Å². The molecule has 1 atom stereocenters. The maximum Gasteiger partial charge on any atom is 0.270 e. The van der Waals surface area contributed by atoms with Crippen LogP contribution in [-0.4, -0.2) is 76.9 Å². The van der Waals surface area contributed by atoms with Gasteiger partial charge in [0.05, 0.1) is 24.4 Å². The fraction of sp³-hybridized carbons (Fsp3) is 0.684. The molecule has 0 spiro atoms. The van der Waals surface area contributed by atoms with Crippen LogP contribution >= 0.6 is 0 Å². The monoisotopic (exact) mass is 360 g/mol. The van der Waals surface area contributed by atoms with Gasteiger partial charge in [0, 0.05) is 51.4 Å². The van der Waals surface area contributed by atoms with E-state index in [2.05, 4.69) is 11.0 Å². The number of aromatic nitrogens is 1. The van der Waals surface area contributed by atoms with Crippen LogP contribution in [0.4, 0.5) is 0 Å². The first kappa shape index (κ1) is 18.9. The summed E-state index contributed by atoms with van der Waals surface area (Å²) in [5.41, 5.74) is -0.276. The Hall–Kier alpha value is -1.88. The van der Waals surface area contributed by atoms with E-state index in [0.717, 1.165) is 13.1 Å². The highest BCUT2D eigenvalue weighted by molar-refractivity contribution is 5.93. The first-order chi connectivity index (χ1) is 12.3. The maximum absolute atomic E-state index is 12.9. The Kier molecular flexibility index (Phi) is 5.11. The van der Waals surface area contributed by atoms with Gasteiger partial charge in [-0.05, 0) is 12.5 Å². The summed E-state index contributed by atoms with van der Waals surface area (Å²) >= 11 is 0. The smallest absolute Gasteiger partial charge is 0.270 e. The molecule has 1 N–H and O–H groups in total. The van der Waals surface area contributed by atoms with Crippen molar-refractivity contribution in [3.63, 3.8) is 0 Å². The Balaban J connectivity index is 1.72. The van der Waals surface area contributed by atoms with Crippen LogP contribution in [0, 0.1) is 16.7 Å². The van der Waals surface area contributed by atoms with E-state index >= 15 is 0 Å². The fourth-order valence-electron chi connectivity index (χ4n) is 3.96. The molecule has 0 bridgehead atoms. The zero-order valence-electron chi connectivity index (χ0n) is 15.9. The number of amides is 1. The molecule has 2 saturated heterocycles. The number of carbonyl (C=O) groups is 1. The van der Waals surface area contributed by atoms with Gasteiger partial charge >= 0.3 is 0 Å². The standard InChI is InChI=1S/C19H28N4O3/c1-18(2)13-23(17(24)16-10-15(11-20)12-21(16)3)5-4-19(18,25)14-22-6-8-26-9-7-22/h10,12,25H,4-9,13-14H2,1-3H3/t19-/m1/s1. The molecular weight excluding hydrogens is 332 g/mol. The normalized spacial score (nSPS) is 26.5. The van der Waals surface area contributed by atoms with Crippen LogP contribution in [-0.2, 0) is 11.8 Å². The largest absolute Gasteiger partial charge is 0.388 e. The first-order valence-electron chi connectivity index (χ1n) is 9.14. The Morgan fingerprint density at radius 1 is 1.35 bits per heavy atom. The number of nitriles is 1. The summed E-state index contributed by atoms with van der Waals surface area (Å²) in [6.07, 6.45) is 2.20. The first-order valence-corrected chi connectivity index (χ1v) is 9.14. The lowest BCUT2D eigenvalue weighted by Crippen LogP contribution is -2.63. The van der Waals surface area contributed by atoms with Gasteiger partial charge in [0.15, 0.2) is 0 Å². The highest BCUT2D eigenvalue weighted by atomic mass is 16.5. The molecule has 0 aromatic carbocycles. The third-order valence-electron chi connectivity index (χ3n) is 5.87. The van der Waals surface area contributed by atoms with E-state index in [1.807, 2.05) is 13.8 Å². The average molecular weight is 360 g/mol. The molecule has 1 amide bonds. The predicted molar refractivity (Wildman–Crippen MR) is 96.6 cm³/mol. The molecule has 0 aliphatic carbocycles. The van der Waals surface area contributed by atoms with Crippen LogP contribution in [0.3, 0.4) is 0 Å². The minimum Gasteiger partial charge on any atom is -0.388 e. The minimum atomic E-state index is -0.840. The molecule has 3 heterocycles. The van der Waals surface area contributed by atoms with Gasteiger partial charge in [0.2, 0.25) is 0 Å². The molecule has 3 rings (SSSR count). The molecule has 7 heteroatoms. The number of hydrogen-bond acceptors (Lipinski definition) is 5. The second kappa shape index (κ2) is 7.03. The van der Waals surface area contributed by atoms with Gasteiger partial charge in [-0.3, -0.25) is 9.69 Å². The van der Waals surface area contributed by atoms with Crippen LogP contribution in [0.2, 0.25) is 0 Å². The van der Waals surface area contributed by atoms with Crippen molar-refractivity contribution in [1.82, 2.24) is 14.4 Å². The number of carbonyl (C=O) groups excluding carboxylic acids is 1. The van der Waals surface area contributed by atoms with Gasteiger partial charge in [0.25, 0.3) is 5.91 Å². The van der Waals surface area contributed by atoms with E-state index in [1.165, 1.54) is 0 Å². The number of aryl methyl sites for hydroxylation is 1. The van der Waals surface area contributed by atoms with Crippen molar-refractivity contribution in [2.24, 2.45) is 12.5 Å². The van der Waals surface area contributed by atoms with Gasteiger partial charge in [-0.2, -0.15) is 5.26 Å². The highest BCUT2D eigenvalue weighted by Gasteiger charge is 2.49. The Morgan fingerprint density at radius 3 is 2.62 bits per heavy atom. The third-order valence-corrected chi connectivity index (χ3v) is 5.87. The molecule has 1 aromatic heterocycles. The molecular formula is C19H28N4O3. The van der Waals surface area contributed by atoms with E-state index < -0.39 is 11.0 Å². The van der Waals surface area contributed by atoms with Gasteiger partial charge < -0.3 is 19.3 Å². The minimum absolute atomic E-state index is 0.0875. The molecule has 0 unspecified atom stereocenters. The molecule has 2 aliphatic heterocycles. The van der Waals surface area contributed by atoms with Crippen molar-refractivity contribution in [1.29, 1.82) is 5.26 Å². The topological polar surface area (TPSA) is 81.7 Å². The summed E-state index contributed by atoms with van der Waals surface area (Å²) < 4.78 is 7.09. The maximum atomic E-state index is 12.9. The lowest BCUT2D eigenvalue weighted by Gasteiger charge is -2.52. The molecule has 0 saturated carbocycles. The van der Waals surface area contributed by atoms with E-state index in [-0.39, 0.29) is 5.91 Å². The predicted octanol–water partition coefficient (Wildman–Crippen LogP) is 0.832. The van der Waals surface area contributed by atoms with Crippen LogP contribution in [0.15, 0.2) is 12.3 Å². The number of aliphatic hydroxyl groups is 1. The number of β-amino-alcohol motifs (C(OH)–C–C–N with tert-alkyl or cyclic N) is 1. The molecule has 2 fully saturated rings. The van der Waals surface area contributed by atoms with Crippen molar-refractivity contribution in [2.75, 3.05) is 45.9 Å². The van der Waals surface area contributed by atoms with Crippen molar-refractivity contribution < 1.29 is 14.6 Å². The van der Waals surface area contributed by atoms with Crippen LogP contribution in [0.1, 0.15) is 36.3 Å². The van der Waals surface area contributed by atoms with Crippen LogP contribution in [0.5, 0.6) is 0 Å². The van der Waals surface area contributed by atoms with Gasteiger partial charge in [-0.1, -0.05) is 13.8 Å². The number of nitrogens with zero attached hydrogens (tertiary/aromatic N) is 4. The second-order valence-electron chi connectivity index (χ2n) is 8.12. The number of morpholine rings is 1. The lowest BCUT2D eigenvalue weighted by atomic mass is 9.69. The van der Waals surface area contributed by atoms with E-state index in [4.69, 9.17) is 10.00 Å². The number of hydrogen-bond donors (Lipinski definition) is 1. The molecule has 1 aromatic rings. The van der Waals surface area contributed by atoms with Crippen LogP contribution < -0.4 is 0 Å². The number of piperidine rings is 1. The summed E-state index contributed by atoms with van der Waals surface area (Å²) in [6.45, 7) is 8.73. The van der Waals surface area contributed by atoms with E-state index in [9.17, 15) is 9.90 Å². The zero-order chi connectivity index (χ0) is 18.9. The fourth-order valence-corrected chi connectivity index (χ4v) is 3.96. The lowest BCUT2D eigenvalue weighted by molar-refractivity contribution is -0.133. The highest BCUT2D eigenvalue weighted by Crippen LogP contribution is 2.39. The van der Waals surface area contributed by atoms with Crippen LogP contribution in [0.25, 0.3) is 0 Å². The second-order valence-corrected chi connectivity index (χ2v) is 8.12. The van der Waals surface area contributed by atoms with Gasteiger partial charge in [-0.15, -0.1) is 0 Å². The molecule has 26 heavy (non-hydrogen) atoms. The van der Waals surface area contributed by atoms with E-state index in [1.54, 1.807) is 28.8 Å². The number of likely N-dealkylation sites (tertiary alicyclic amines) is 1. The summed E-state index contributed by atoms with van der Waals surface area (Å²) in [4.78, 5) is 17.0. The number of rotatable bonds is 3. The molecule has 7 nitrogen and oxygen atoms in total. The summed E-state index contributed by atoms with van der Waals surface area (Å²) in [5.74, 6) is -0.0875. The average Bonchev–Trinajstić information content (AvgIpc) is 2.98. The zero-order valence-corrected chi connectivity index (χ0v) is 15.9. The summed E-state index contributed by atoms with van der Waals surface area (Å²) in [5, 5.41) is 20.4. The van der Waals surface area contributed by atoms with Crippen molar-refractivity contribution in [3.05, 3.63) is 23.5 Å². The third kappa shape index (κ3) is 3.50. The number of ether oxygens (including phenoxy) is 1. The Morgan fingerprint density at radius 2 is 2.04 bits per heavy atom. The van der Waals surface area contributed by atoms with Gasteiger partial charge in [-0.25, -0.2) is 0 Å². The molecule has 0 radical (unpaired) electrons. The van der Waals surface area contributed by atoms with Crippen molar-refractivity contribution in [2.45, 2.75) is 25.9 Å². The quantitative estimate of drug-likeness (QED) is 0.864. The SMILES string of the molecule is Cn1cc(C#N)cc1C(=O)N1CC[C@@](O)(CN2CCOCC2)C(C)(C)C1. The Bertz CT molecular complexity index is 715. The molecule has 2 aliphatic rings. The Labute approximate surface area is 154 Å². The summed E-state index contributed by atoms with van der Waals surface area (Å²) in [6, 6.07) is 3.70. The van der Waals surface area contributed by atoms with Gasteiger partial charge in [0.1, 0.15) is 11.8 Å². The summed E-state index contributed by atoms with van der Waals surface area (Å²) in [7, 11) is 1.78. The molecule has 142 valence electrons.